The number of hydrogen-bond acceptors (Lipinski definition) is 2. The van der Waals surface area contributed by atoms with Gasteiger partial charge in [-0.05, 0) is 22.3 Å². The molecule has 0 spiro atoms. The molecule has 1 atom stereocenters. The van der Waals surface area contributed by atoms with Gasteiger partial charge in [-0.3, -0.25) is 5.32 Å². The van der Waals surface area contributed by atoms with Crippen LogP contribution in [0.4, 0.5) is 0 Å². The van der Waals surface area contributed by atoms with E-state index in [1.165, 1.54) is 11.1 Å². The zero-order valence-electron chi connectivity index (χ0n) is 10.5. The molecule has 0 saturated heterocycles. The monoisotopic (exact) mass is 249 g/mol. The summed E-state index contributed by atoms with van der Waals surface area (Å²) >= 11 is 0. The number of rotatable bonds is 3. The predicted octanol–water partition coefficient (Wildman–Crippen LogP) is 2.77. The first kappa shape index (κ1) is 11.9. The first-order chi connectivity index (χ1) is 9.40. The van der Waals surface area contributed by atoms with Gasteiger partial charge in [-0.15, -0.1) is 0 Å². The lowest BCUT2D eigenvalue weighted by molar-refractivity contribution is -0.108. The molecule has 0 radical (unpaired) electrons. The van der Waals surface area contributed by atoms with E-state index in [1.807, 2.05) is 36.4 Å². The van der Waals surface area contributed by atoms with Gasteiger partial charge in [-0.25, -0.2) is 0 Å². The zero-order valence-corrected chi connectivity index (χ0v) is 10.5. The average Bonchev–Trinajstić information content (AvgIpc) is 2.93. The maximum absolute atomic E-state index is 11.3. The quantitative estimate of drug-likeness (QED) is 0.847. The van der Waals surface area contributed by atoms with Gasteiger partial charge in [-0.1, -0.05) is 60.7 Å². The van der Waals surface area contributed by atoms with Crippen molar-refractivity contribution in [3.8, 4) is 0 Å². The molecule has 0 aromatic heterocycles. The van der Waals surface area contributed by atoms with Crippen LogP contribution in [-0.4, -0.2) is 18.9 Å². The third-order valence-corrected chi connectivity index (χ3v) is 3.48. The molecule has 0 saturated carbocycles. The Bertz CT molecular complexity index is 602. The molecule has 2 nitrogen and oxygen atoms in total. The van der Waals surface area contributed by atoms with Crippen molar-refractivity contribution in [2.75, 3.05) is 6.54 Å². The molecule has 1 aliphatic heterocycles. The Kier molecular flexibility index (Phi) is 3.25. The topological polar surface area (TPSA) is 29.1 Å². The average molecular weight is 249 g/mol. The second kappa shape index (κ2) is 5.21. The molecule has 0 bridgehead atoms. The first-order valence-corrected chi connectivity index (χ1v) is 6.42. The Balaban J connectivity index is 2.15. The third-order valence-electron chi connectivity index (χ3n) is 3.48. The normalized spacial score (nSPS) is 18.6. The Hall–Kier alpha value is -2.19. The number of aldehydes is 1. The van der Waals surface area contributed by atoms with E-state index in [4.69, 9.17) is 0 Å². The molecule has 1 heterocycles. The van der Waals surface area contributed by atoms with Gasteiger partial charge < -0.3 is 4.79 Å². The highest BCUT2D eigenvalue weighted by atomic mass is 16.1. The van der Waals surface area contributed by atoms with Gasteiger partial charge in [0.1, 0.15) is 6.29 Å². The molecule has 1 unspecified atom stereocenters. The van der Waals surface area contributed by atoms with Crippen molar-refractivity contribution in [3.05, 3.63) is 71.8 Å². The highest BCUT2D eigenvalue weighted by molar-refractivity contribution is 6.02. The van der Waals surface area contributed by atoms with Gasteiger partial charge in [0, 0.05) is 6.54 Å². The highest BCUT2D eigenvalue weighted by Crippen LogP contribution is 2.32. The van der Waals surface area contributed by atoms with E-state index in [-0.39, 0.29) is 6.04 Å². The van der Waals surface area contributed by atoms with Crippen LogP contribution in [0.3, 0.4) is 0 Å². The van der Waals surface area contributed by atoms with Gasteiger partial charge in [0.05, 0.1) is 6.04 Å². The van der Waals surface area contributed by atoms with E-state index < -0.39 is 0 Å². The number of hydrogen-bond donors (Lipinski definition) is 1. The fourth-order valence-corrected chi connectivity index (χ4v) is 2.58. The fourth-order valence-electron chi connectivity index (χ4n) is 2.58. The summed E-state index contributed by atoms with van der Waals surface area (Å²) in [7, 11) is 0. The molecule has 2 aromatic rings. The summed E-state index contributed by atoms with van der Waals surface area (Å²) in [5.41, 5.74) is 4.60. The summed E-state index contributed by atoms with van der Waals surface area (Å²) in [5, 5.41) is 3.26. The highest BCUT2D eigenvalue weighted by Gasteiger charge is 2.26. The summed E-state index contributed by atoms with van der Waals surface area (Å²) in [6, 6.07) is 20.1. The molecule has 0 amide bonds. The molecule has 1 N–H and O–H groups in total. The van der Waals surface area contributed by atoms with Crippen LogP contribution in [0, 0.1) is 0 Å². The number of nitrogens with one attached hydrogen (secondary N) is 1. The minimum Gasteiger partial charge on any atom is -0.301 e. The van der Waals surface area contributed by atoms with Crippen LogP contribution >= 0.6 is 0 Å². The lowest BCUT2D eigenvalue weighted by Crippen LogP contribution is -2.25. The van der Waals surface area contributed by atoms with Crippen LogP contribution < -0.4 is 5.32 Å². The summed E-state index contributed by atoms with van der Waals surface area (Å²) in [4.78, 5) is 11.3. The van der Waals surface area contributed by atoms with Crippen LogP contribution in [0.25, 0.3) is 11.1 Å². The molecule has 2 aromatic carbocycles. The van der Waals surface area contributed by atoms with E-state index in [0.29, 0.717) is 0 Å². The van der Waals surface area contributed by atoms with Gasteiger partial charge >= 0.3 is 0 Å². The molecule has 2 heteroatoms. The van der Waals surface area contributed by atoms with Crippen LogP contribution in [0.15, 0.2) is 60.7 Å². The predicted molar refractivity (Wildman–Crippen MR) is 77.6 cm³/mol. The Morgan fingerprint density at radius 2 is 1.47 bits per heavy atom. The molecule has 94 valence electrons. The van der Waals surface area contributed by atoms with E-state index in [0.717, 1.165) is 24.0 Å². The van der Waals surface area contributed by atoms with Crippen molar-refractivity contribution in [2.24, 2.45) is 0 Å². The summed E-state index contributed by atoms with van der Waals surface area (Å²) < 4.78 is 0. The summed E-state index contributed by atoms with van der Waals surface area (Å²) in [6.45, 7) is 0.734. The van der Waals surface area contributed by atoms with Gasteiger partial charge in [0.25, 0.3) is 0 Å². The van der Waals surface area contributed by atoms with Gasteiger partial charge in [0.2, 0.25) is 0 Å². The molecule has 1 aliphatic rings. The maximum atomic E-state index is 11.3. The standard InChI is InChI=1S/C17H15NO/c19-12-16-17(14-9-5-2-6-10-14)15(11-18-16)13-7-3-1-4-8-13/h1-10,12,16,18H,11H2. The van der Waals surface area contributed by atoms with Gasteiger partial charge in [-0.2, -0.15) is 0 Å². The second-order valence-electron chi connectivity index (χ2n) is 4.62. The van der Waals surface area contributed by atoms with E-state index in [2.05, 4.69) is 29.6 Å². The largest absolute Gasteiger partial charge is 0.301 e. The van der Waals surface area contributed by atoms with Crippen LogP contribution in [0.1, 0.15) is 11.1 Å². The Labute approximate surface area is 112 Å². The molecule has 19 heavy (non-hydrogen) atoms. The summed E-state index contributed by atoms with van der Waals surface area (Å²) in [6.07, 6.45) is 0.984. The third kappa shape index (κ3) is 2.23. The minimum atomic E-state index is -0.211. The maximum Gasteiger partial charge on any atom is 0.141 e. The summed E-state index contributed by atoms with van der Waals surface area (Å²) in [5.74, 6) is 0. The molecular weight excluding hydrogens is 234 g/mol. The second-order valence-corrected chi connectivity index (χ2v) is 4.62. The molecule has 3 rings (SSSR count). The lowest BCUT2D eigenvalue weighted by Gasteiger charge is -2.10. The van der Waals surface area contributed by atoms with E-state index >= 15 is 0 Å². The number of carbonyl (C=O) groups excluding carboxylic acids is 1. The molecule has 0 fully saturated rings. The van der Waals surface area contributed by atoms with Crippen molar-refractivity contribution in [1.29, 1.82) is 0 Å². The van der Waals surface area contributed by atoms with E-state index in [9.17, 15) is 4.79 Å². The van der Waals surface area contributed by atoms with Gasteiger partial charge in [0.15, 0.2) is 0 Å². The number of carbonyl (C=O) groups is 1. The van der Waals surface area contributed by atoms with Crippen LogP contribution in [0.5, 0.6) is 0 Å². The lowest BCUT2D eigenvalue weighted by atomic mass is 9.93. The molecular formula is C17H15NO. The van der Waals surface area contributed by atoms with E-state index in [1.54, 1.807) is 0 Å². The van der Waals surface area contributed by atoms with Crippen molar-refractivity contribution in [2.45, 2.75) is 6.04 Å². The fraction of sp³-hybridized carbons (Fsp3) is 0.118. The zero-order chi connectivity index (χ0) is 13.1. The van der Waals surface area contributed by atoms with Crippen molar-refractivity contribution in [1.82, 2.24) is 5.32 Å². The Morgan fingerprint density at radius 3 is 2.05 bits per heavy atom. The smallest absolute Gasteiger partial charge is 0.141 e. The van der Waals surface area contributed by atoms with Crippen molar-refractivity contribution < 1.29 is 4.79 Å². The minimum absolute atomic E-state index is 0.211. The first-order valence-electron chi connectivity index (χ1n) is 6.42. The van der Waals surface area contributed by atoms with Crippen molar-refractivity contribution in [3.63, 3.8) is 0 Å². The van der Waals surface area contributed by atoms with Crippen molar-refractivity contribution >= 4 is 17.4 Å². The molecule has 0 aliphatic carbocycles. The SMILES string of the molecule is O=CC1NCC(c2ccccc2)=C1c1ccccc1. The number of benzene rings is 2. The van der Waals surface area contributed by atoms with Crippen LogP contribution in [-0.2, 0) is 4.79 Å². The van der Waals surface area contributed by atoms with Crippen LogP contribution in [0.2, 0.25) is 0 Å². The Morgan fingerprint density at radius 1 is 0.895 bits per heavy atom.